The molecule has 0 saturated heterocycles. The van der Waals surface area contributed by atoms with E-state index in [0.29, 0.717) is 18.1 Å². The van der Waals surface area contributed by atoms with Gasteiger partial charge < -0.3 is 10.6 Å². The van der Waals surface area contributed by atoms with Gasteiger partial charge >= 0.3 is 0 Å². The molecular weight excluding hydrogens is 269 g/mol. The number of anilines is 2. The normalized spacial score (nSPS) is 10.2. The summed E-state index contributed by atoms with van der Waals surface area (Å²) in [6, 6.07) is 8.60. The number of nitrogens with one attached hydrogen (secondary N) is 2. The van der Waals surface area contributed by atoms with E-state index in [4.69, 9.17) is 0 Å². The third-order valence-electron chi connectivity index (χ3n) is 2.95. The number of aryl methyl sites for hydroxylation is 1. The van der Waals surface area contributed by atoms with Crippen LogP contribution in [0, 0.1) is 12.7 Å². The third-order valence-corrected chi connectivity index (χ3v) is 2.95. The Morgan fingerprint density at radius 3 is 2.67 bits per heavy atom. The molecule has 1 amide bonds. The van der Waals surface area contributed by atoms with Crippen LogP contribution in [-0.4, -0.2) is 17.4 Å². The van der Waals surface area contributed by atoms with Gasteiger partial charge in [-0.15, -0.1) is 0 Å². The third kappa shape index (κ3) is 4.02. The Kier molecular flexibility index (Phi) is 4.87. The summed E-state index contributed by atoms with van der Waals surface area (Å²) >= 11 is 0. The highest BCUT2D eigenvalue weighted by Crippen LogP contribution is 2.17. The van der Waals surface area contributed by atoms with E-state index in [-0.39, 0.29) is 11.5 Å². The predicted octanol–water partition coefficient (Wildman–Crippen LogP) is 3.60. The number of benzene rings is 1. The van der Waals surface area contributed by atoms with Crippen LogP contribution in [0.3, 0.4) is 0 Å². The van der Waals surface area contributed by atoms with Crippen LogP contribution in [0.15, 0.2) is 36.5 Å². The molecule has 2 aromatic rings. The molecular formula is C16H18FN3O. The van der Waals surface area contributed by atoms with E-state index < -0.39 is 5.82 Å². The topological polar surface area (TPSA) is 54.0 Å². The van der Waals surface area contributed by atoms with Crippen molar-refractivity contribution in [2.75, 3.05) is 17.2 Å². The van der Waals surface area contributed by atoms with Crippen molar-refractivity contribution in [3.05, 3.63) is 53.5 Å². The number of halogens is 1. The van der Waals surface area contributed by atoms with E-state index in [9.17, 15) is 9.18 Å². The Morgan fingerprint density at radius 1 is 1.29 bits per heavy atom. The van der Waals surface area contributed by atoms with Crippen LogP contribution >= 0.6 is 0 Å². The maximum atomic E-state index is 13.4. The predicted molar refractivity (Wildman–Crippen MR) is 82.1 cm³/mol. The van der Waals surface area contributed by atoms with E-state index in [1.807, 2.05) is 26.0 Å². The lowest BCUT2D eigenvalue weighted by Crippen LogP contribution is -2.16. The van der Waals surface area contributed by atoms with Crippen molar-refractivity contribution >= 4 is 17.4 Å². The number of rotatable bonds is 5. The van der Waals surface area contributed by atoms with E-state index in [2.05, 4.69) is 15.6 Å². The summed E-state index contributed by atoms with van der Waals surface area (Å²) in [5.74, 6) is -0.529. The molecule has 2 N–H and O–H groups in total. The molecule has 1 aromatic carbocycles. The van der Waals surface area contributed by atoms with Crippen molar-refractivity contribution in [3.8, 4) is 0 Å². The molecule has 0 atom stereocenters. The average Bonchev–Trinajstić information content (AvgIpc) is 2.48. The van der Waals surface area contributed by atoms with Gasteiger partial charge in [-0.25, -0.2) is 9.37 Å². The van der Waals surface area contributed by atoms with Crippen molar-refractivity contribution in [1.29, 1.82) is 0 Å². The Labute approximate surface area is 123 Å². The van der Waals surface area contributed by atoms with Crippen LogP contribution in [0.25, 0.3) is 0 Å². The number of carbonyl (C=O) groups excluding carboxylic acids is 1. The van der Waals surface area contributed by atoms with Crippen LogP contribution in [0.5, 0.6) is 0 Å². The molecule has 0 fully saturated rings. The molecule has 5 heteroatoms. The fourth-order valence-electron chi connectivity index (χ4n) is 1.83. The van der Waals surface area contributed by atoms with Gasteiger partial charge in [-0.1, -0.05) is 24.6 Å². The van der Waals surface area contributed by atoms with Gasteiger partial charge in [-0.3, -0.25) is 4.79 Å². The second-order valence-electron chi connectivity index (χ2n) is 4.80. The zero-order valence-corrected chi connectivity index (χ0v) is 12.1. The summed E-state index contributed by atoms with van der Waals surface area (Å²) in [4.78, 5) is 16.2. The van der Waals surface area contributed by atoms with Gasteiger partial charge in [0.1, 0.15) is 11.6 Å². The Morgan fingerprint density at radius 2 is 2.00 bits per heavy atom. The maximum Gasteiger partial charge on any atom is 0.259 e. The van der Waals surface area contributed by atoms with Crippen molar-refractivity contribution in [2.24, 2.45) is 0 Å². The second kappa shape index (κ2) is 6.83. The molecule has 1 heterocycles. The summed E-state index contributed by atoms with van der Waals surface area (Å²) in [6.45, 7) is 4.64. The molecule has 0 unspecified atom stereocenters. The van der Waals surface area contributed by atoms with Crippen LogP contribution in [0.1, 0.15) is 29.3 Å². The fraction of sp³-hybridized carbons (Fsp3) is 0.250. The highest BCUT2D eigenvalue weighted by Gasteiger charge is 2.14. The minimum Gasteiger partial charge on any atom is -0.369 e. The number of amides is 1. The minimum absolute atomic E-state index is 0.198. The monoisotopic (exact) mass is 287 g/mol. The average molecular weight is 287 g/mol. The molecule has 0 bridgehead atoms. The van der Waals surface area contributed by atoms with Gasteiger partial charge in [-0.05, 0) is 31.5 Å². The Hall–Kier alpha value is -2.43. The summed E-state index contributed by atoms with van der Waals surface area (Å²) in [5.41, 5.74) is 1.96. The molecule has 0 aliphatic rings. The molecule has 4 nitrogen and oxygen atoms in total. The quantitative estimate of drug-likeness (QED) is 0.883. The second-order valence-corrected chi connectivity index (χ2v) is 4.80. The van der Waals surface area contributed by atoms with Gasteiger partial charge in [0.2, 0.25) is 0 Å². The van der Waals surface area contributed by atoms with Gasteiger partial charge in [0.25, 0.3) is 5.91 Å². The zero-order chi connectivity index (χ0) is 15.2. The van der Waals surface area contributed by atoms with Crippen molar-refractivity contribution in [1.82, 2.24) is 4.98 Å². The smallest absolute Gasteiger partial charge is 0.259 e. The molecule has 2 rings (SSSR count). The highest BCUT2D eigenvalue weighted by atomic mass is 19.1. The van der Waals surface area contributed by atoms with Gasteiger partial charge in [0, 0.05) is 12.2 Å². The maximum absolute atomic E-state index is 13.4. The molecule has 0 radical (unpaired) electrons. The van der Waals surface area contributed by atoms with Crippen molar-refractivity contribution in [2.45, 2.75) is 20.3 Å². The standard InChI is InChI=1S/C16H18FN3O/c1-3-8-18-15-14(9-12(17)10-19-15)16(21)20-13-6-4-11(2)5-7-13/h4-7,9-10H,3,8H2,1-2H3,(H,18,19)(H,20,21). The van der Waals surface area contributed by atoms with E-state index >= 15 is 0 Å². The lowest BCUT2D eigenvalue weighted by atomic mass is 10.2. The Bertz CT molecular complexity index is 626. The first-order valence-corrected chi connectivity index (χ1v) is 6.87. The minimum atomic E-state index is -0.536. The lowest BCUT2D eigenvalue weighted by molar-refractivity contribution is 0.102. The van der Waals surface area contributed by atoms with Crippen molar-refractivity contribution < 1.29 is 9.18 Å². The van der Waals surface area contributed by atoms with Crippen molar-refractivity contribution in [3.63, 3.8) is 0 Å². The summed E-state index contributed by atoms with van der Waals surface area (Å²) < 4.78 is 13.4. The summed E-state index contributed by atoms with van der Waals surface area (Å²) in [5, 5.41) is 5.77. The number of aromatic nitrogens is 1. The first-order chi connectivity index (χ1) is 10.1. The summed E-state index contributed by atoms with van der Waals surface area (Å²) in [7, 11) is 0. The largest absolute Gasteiger partial charge is 0.369 e. The highest BCUT2D eigenvalue weighted by molar-refractivity contribution is 6.07. The number of carbonyl (C=O) groups is 1. The van der Waals surface area contributed by atoms with Gasteiger partial charge in [0.15, 0.2) is 0 Å². The molecule has 1 aromatic heterocycles. The van der Waals surface area contributed by atoms with E-state index in [1.165, 1.54) is 6.07 Å². The number of pyridine rings is 1. The number of nitrogens with zero attached hydrogens (tertiary/aromatic N) is 1. The van der Waals surface area contributed by atoms with E-state index in [1.54, 1.807) is 12.1 Å². The fourth-order valence-corrected chi connectivity index (χ4v) is 1.83. The first kappa shape index (κ1) is 15.0. The van der Waals surface area contributed by atoms with Crippen LogP contribution in [0.4, 0.5) is 15.9 Å². The molecule has 110 valence electrons. The first-order valence-electron chi connectivity index (χ1n) is 6.87. The SMILES string of the molecule is CCCNc1ncc(F)cc1C(=O)Nc1ccc(C)cc1. The van der Waals surface area contributed by atoms with Gasteiger partial charge in [-0.2, -0.15) is 0 Å². The summed E-state index contributed by atoms with van der Waals surface area (Å²) in [6.07, 6.45) is 1.98. The van der Waals surface area contributed by atoms with Crippen LogP contribution in [0.2, 0.25) is 0 Å². The molecule has 0 spiro atoms. The van der Waals surface area contributed by atoms with Crippen LogP contribution in [-0.2, 0) is 0 Å². The molecule has 0 aliphatic heterocycles. The number of hydrogen-bond acceptors (Lipinski definition) is 3. The lowest BCUT2D eigenvalue weighted by Gasteiger charge is -2.11. The van der Waals surface area contributed by atoms with Gasteiger partial charge in [0.05, 0.1) is 11.8 Å². The number of hydrogen-bond donors (Lipinski definition) is 2. The molecule has 0 aliphatic carbocycles. The van der Waals surface area contributed by atoms with E-state index in [0.717, 1.165) is 18.2 Å². The molecule has 21 heavy (non-hydrogen) atoms. The Balaban J connectivity index is 2.20. The van der Waals surface area contributed by atoms with Crippen LogP contribution < -0.4 is 10.6 Å². The molecule has 0 saturated carbocycles. The zero-order valence-electron chi connectivity index (χ0n) is 12.1.